The monoisotopic (exact) mass is 837 g/mol. The van der Waals surface area contributed by atoms with E-state index in [1.165, 1.54) is 30.8 Å². The fourth-order valence-electron chi connectivity index (χ4n) is 5.56. The highest BCUT2D eigenvalue weighted by Crippen LogP contribution is 2.13. The van der Waals surface area contributed by atoms with E-state index < -0.39 is 96.0 Å². The number of nitrogens with two attached hydrogens (primary N) is 2. The maximum Gasteiger partial charge on any atom is 0.326 e. The summed E-state index contributed by atoms with van der Waals surface area (Å²) in [7, 11) is 0. The van der Waals surface area contributed by atoms with Crippen molar-refractivity contribution in [1.29, 1.82) is 0 Å². The second-order valence-corrected chi connectivity index (χ2v) is 15.6. The summed E-state index contributed by atoms with van der Waals surface area (Å²) in [6.45, 7) is 7.80. The molecule has 6 unspecified atom stereocenters. The number of rotatable bonds is 27. The van der Waals surface area contributed by atoms with Crippen LogP contribution in [0.5, 0.6) is 5.75 Å². The fourth-order valence-corrected chi connectivity index (χ4v) is 6.03. The van der Waals surface area contributed by atoms with E-state index in [1.807, 2.05) is 20.1 Å². The van der Waals surface area contributed by atoms with Crippen LogP contribution in [0.15, 0.2) is 24.3 Å². The minimum atomic E-state index is -1.28. The Morgan fingerprint density at radius 3 is 1.78 bits per heavy atom. The van der Waals surface area contributed by atoms with Gasteiger partial charge in [0.2, 0.25) is 41.4 Å². The predicted octanol–water partition coefficient (Wildman–Crippen LogP) is -1.39. The van der Waals surface area contributed by atoms with Crippen LogP contribution < -0.4 is 48.7 Å². The van der Waals surface area contributed by atoms with Crippen LogP contribution in [0.4, 0.5) is 0 Å². The number of aliphatic carboxylic acids is 1. The van der Waals surface area contributed by atoms with Gasteiger partial charge in [-0.1, -0.05) is 39.8 Å². The number of aromatic hydroxyl groups is 1. The number of phenolic OH excluding ortho intramolecular Hbond substituents is 1. The second-order valence-electron chi connectivity index (χ2n) is 14.6. The summed E-state index contributed by atoms with van der Waals surface area (Å²) in [5, 5.41) is 37.3. The van der Waals surface area contributed by atoms with Gasteiger partial charge < -0.3 is 58.9 Å². The van der Waals surface area contributed by atoms with Crippen LogP contribution in [0.1, 0.15) is 72.3 Å². The van der Waals surface area contributed by atoms with Crippen molar-refractivity contribution in [3.05, 3.63) is 29.8 Å². The molecule has 19 nitrogen and oxygen atoms in total. The zero-order valence-electron chi connectivity index (χ0n) is 34.2. The van der Waals surface area contributed by atoms with Crippen LogP contribution in [0.25, 0.3) is 0 Å². The Hall–Kier alpha value is -4.95. The van der Waals surface area contributed by atoms with Crippen molar-refractivity contribution in [2.75, 3.05) is 31.6 Å². The van der Waals surface area contributed by atoms with Crippen LogP contribution in [-0.4, -0.2) is 125 Å². The smallest absolute Gasteiger partial charge is 0.326 e. The lowest BCUT2D eigenvalue weighted by atomic mass is 9.99. The van der Waals surface area contributed by atoms with Crippen molar-refractivity contribution < 1.29 is 48.6 Å². The molecule has 0 fully saturated rings. The Bertz CT molecular complexity index is 1530. The van der Waals surface area contributed by atoms with Crippen LogP contribution in [0.3, 0.4) is 0 Å². The SMILES string of the molecule is CSCCC(NC(=O)C(CCCCN)NC(=O)C(NC(=O)C(Cc1ccc(O)cc1)NC(=O)CNC(=O)C(C)NC(=O)CN)C(C)C)C(=O)NC(CC(C)C)C(=O)O. The van der Waals surface area contributed by atoms with Gasteiger partial charge in [-0.3, -0.25) is 33.6 Å². The average Bonchev–Trinajstić information content (AvgIpc) is 3.16. The van der Waals surface area contributed by atoms with Gasteiger partial charge in [0, 0.05) is 6.42 Å². The first-order valence-corrected chi connectivity index (χ1v) is 20.7. The second kappa shape index (κ2) is 26.9. The number of unbranched alkanes of at least 4 members (excludes halogenated alkanes) is 1. The first kappa shape index (κ1) is 51.1. The molecular formula is C38H63N9O10S. The molecule has 0 saturated heterocycles. The Labute approximate surface area is 344 Å². The average molecular weight is 838 g/mol. The summed E-state index contributed by atoms with van der Waals surface area (Å²) >= 11 is 1.43. The van der Waals surface area contributed by atoms with Gasteiger partial charge in [0.1, 0.15) is 42.0 Å². The molecular weight excluding hydrogens is 775 g/mol. The molecule has 0 aliphatic heterocycles. The van der Waals surface area contributed by atoms with Gasteiger partial charge in [0.25, 0.3) is 0 Å². The number of hydrogen-bond donors (Lipinski definition) is 11. The molecule has 0 saturated carbocycles. The third-order valence-electron chi connectivity index (χ3n) is 8.80. The van der Waals surface area contributed by atoms with E-state index in [1.54, 1.807) is 26.0 Å². The van der Waals surface area contributed by atoms with Gasteiger partial charge in [0.05, 0.1) is 13.1 Å². The quantitative estimate of drug-likeness (QED) is 0.0456. The maximum atomic E-state index is 13.9. The van der Waals surface area contributed by atoms with E-state index in [-0.39, 0.29) is 43.9 Å². The molecule has 1 aromatic carbocycles. The van der Waals surface area contributed by atoms with Crippen LogP contribution in [-0.2, 0) is 44.8 Å². The molecule has 13 N–H and O–H groups in total. The number of thioether (sulfide) groups is 1. The Kier molecular flexibility index (Phi) is 23.7. The van der Waals surface area contributed by atoms with E-state index in [0.29, 0.717) is 30.7 Å². The Morgan fingerprint density at radius 2 is 1.24 bits per heavy atom. The lowest BCUT2D eigenvalue weighted by Crippen LogP contribution is -2.60. The Balaban J connectivity index is 3.28. The van der Waals surface area contributed by atoms with E-state index in [2.05, 4.69) is 37.2 Å². The lowest BCUT2D eigenvalue weighted by Gasteiger charge is -2.28. The van der Waals surface area contributed by atoms with Crippen LogP contribution >= 0.6 is 11.8 Å². The van der Waals surface area contributed by atoms with E-state index in [9.17, 15) is 48.6 Å². The molecule has 1 aromatic rings. The summed E-state index contributed by atoms with van der Waals surface area (Å²) in [6.07, 6.45) is 3.19. The van der Waals surface area contributed by atoms with E-state index in [4.69, 9.17) is 11.5 Å². The number of nitrogens with one attached hydrogen (secondary N) is 7. The number of carbonyl (C=O) groups is 8. The molecule has 0 heterocycles. The number of carbonyl (C=O) groups excluding carboxylic acids is 7. The topological polar surface area (TPSA) is 313 Å². The van der Waals surface area contributed by atoms with Gasteiger partial charge in [-0.05, 0) is 87.1 Å². The molecule has 326 valence electrons. The highest BCUT2D eigenvalue weighted by Gasteiger charge is 2.34. The summed E-state index contributed by atoms with van der Waals surface area (Å²) in [5.41, 5.74) is 11.5. The third kappa shape index (κ3) is 19.5. The van der Waals surface area contributed by atoms with Crippen molar-refractivity contribution >= 4 is 59.1 Å². The van der Waals surface area contributed by atoms with Crippen molar-refractivity contribution in [1.82, 2.24) is 37.2 Å². The van der Waals surface area contributed by atoms with Crippen molar-refractivity contribution in [2.45, 2.75) is 109 Å². The maximum absolute atomic E-state index is 13.9. The summed E-state index contributed by atoms with van der Waals surface area (Å²) in [4.78, 5) is 104. The number of phenols is 1. The highest BCUT2D eigenvalue weighted by atomic mass is 32.2. The van der Waals surface area contributed by atoms with Gasteiger partial charge in [-0.2, -0.15) is 11.8 Å². The molecule has 20 heteroatoms. The van der Waals surface area contributed by atoms with Gasteiger partial charge in [-0.25, -0.2) is 4.79 Å². The zero-order valence-corrected chi connectivity index (χ0v) is 35.0. The third-order valence-corrected chi connectivity index (χ3v) is 9.44. The molecule has 0 spiro atoms. The molecule has 0 bridgehead atoms. The minimum absolute atomic E-state index is 0.0271. The zero-order chi connectivity index (χ0) is 43.9. The number of benzene rings is 1. The van der Waals surface area contributed by atoms with E-state index in [0.717, 1.165) is 0 Å². The fraction of sp³-hybridized carbons (Fsp3) is 0.632. The van der Waals surface area contributed by atoms with E-state index >= 15 is 0 Å². The molecule has 58 heavy (non-hydrogen) atoms. The van der Waals surface area contributed by atoms with Crippen molar-refractivity contribution in [2.24, 2.45) is 23.3 Å². The molecule has 6 atom stereocenters. The highest BCUT2D eigenvalue weighted by molar-refractivity contribution is 7.98. The van der Waals surface area contributed by atoms with Gasteiger partial charge >= 0.3 is 5.97 Å². The van der Waals surface area contributed by atoms with Gasteiger partial charge in [0.15, 0.2) is 0 Å². The molecule has 0 aliphatic rings. The largest absolute Gasteiger partial charge is 0.508 e. The Morgan fingerprint density at radius 1 is 0.672 bits per heavy atom. The summed E-state index contributed by atoms with van der Waals surface area (Å²) in [6, 6.07) is -1.05. The molecule has 0 aliphatic carbocycles. The predicted molar refractivity (Wildman–Crippen MR) is 219 cm³/mol. The molecule has 0 aromatic heterocycles. The summed E-state index contributed by atoms with van der Waals surface area (Å²) < 4.78 is 0. The molecule has 7 amide bonds. The molecule has 0 radical (unpaired) electrons. The first-order chi connectivity index (χ1) is 27.3. The normalized spacial score (nSPS) is 14.2. The van der Waals surface area contributed by atoms with Crippen LogP contribution in [0, 0.1) is 11.8 Å². The molecule has 1 rings (SSSR count). The first-order valence-electron chi connectivity index (χ1n) is 19.3. The van der Waals surface area contributed by atoms with Crippen molar-refractivity contribution in [3.63, 3.8) is 0 Å². The number of carboxylic acids is 1. The van der Waals surface area contributed by atoms with Crippen molar-refractivity contribution in [3.8, 4) is 5.75 Å². The number of amides is 7. The number of carboxylic acid groups (broad SMARTS) is 1. The van der Waals surface area contributed by atoms with Gasteiger partial charge in [-0.15, -0.1) is 0 Å². The lowest BCUT2D eigenvalue weighted by molar-refractivity contribution is -0.142. The number of hydrogen-bond acceptors (Lipinski definition) is 12. The van der Waals surface area contributed by atoms with Crippen LogP contribution in [0.2, 0.25) is 0 Å². The summed E-state index contributed by atoms with van der Waals surface area (Å²) in [5.74, 6) is -6.19. The standard InChI is InChI=1S/C38H63N9O10S/c1-21(2)17-29(38(56)57)46-35(53)27(14-16-58-6)44-34(52)26(9-7-8-15-39)45-37(55)32(22(3)4)47-36(54)28(18-24-10-12-25(48)13-11-24)43-31(50)20-41-33(51)23(5)42-30(49)19-40/h10-13,21-23,26-29,32,48H,7-9,14-20,39-40H2,1-6H3,(H,41,51)(H,42,49)(H,43,50)(H,44,52)(H,45,55)(H,46,53)(H,47,54)(H,56,57). The minimum Gasteiger partial charge on any atom is -0.508 e.